The SMILES string of the molecule is C=C(CCO[Si](C)(C)C(C)(C)C)C(=O)OC. The maximum Gasteiger partial charge on any atom is 0.333 e. The van der Waals surface area contributed by atoms with E-state index in [0.29, 0.717) is 18.6 Å². The van der Waals surface area contributed by atoms with Gasteiger partial charge in [0.2, 0.25) is 0 Å². The first-order valence-electron chi connectivity index (χ1n) is 5.52. The van der Waals surface area contributed by atoms with E-state index in [4.69, 9.17) is 4.43 Å². The Morgan fingerprint density at radius 2 is 1.81 bits per heavy atom. The molecule has 0 saturated heterocycles. The van der Waals surface area contributed by atoms with Crippen molar-refractivity contribution in [3.8, 4) is 0 Å². The largest absolute Gasteiger partial charge is 0.466 e. The van der Waals surface area contributed by atoms with Gasteiger partial charge in [-0.2, -0.15) is 0 Å². The molecule has 0 aromatic heterocycles. The Hall–Kier alpha value is -0.613. The summed E-state index contributed by atoms with van der Waals surface area (Å²) in [4.78, 5) is 11.1. The predicted molar refractivity (Wildman–Crippen MR) is 68.9 cm³/mol. The number of ether oxygens (including phenoxy) is 1. The first-order chi connectivity index (χ1) is 7.12. The van der Waals surface area contributed by atoms with Gasteiger partial charge in [-0.05, 0) is 18.1 Å². The molecule has 0 aliphatic heterocycles. The van der Waals surface area contributed by atoms with Crippen molar-refractivity contribution in [2.45, 2.75) is 45.3 Å². The fraction of sp³-hybridized carbons (Fsp3) is 0.750. The van der Waals surface area contributed by atoms with Crippen LogP contribution < -0.4 is 0 Å². The van der Waals surface area contributed by atoms with Crippen molar-refractivity contribution in [3.63, 3.8) is 0 Å². The summed E-state index contributed by atoms with van der Waals surface area (Å²) in [7, 11) is -0.347. The number of carbonyl (C=O) groups is 1. The fourth-order valence-corrected chi connectivity index (χ4v) is 1.94. The van der Waals surface area contributed by atoms with E-state index in [9.17, 15) is 4.79 Å². The molecule has 3 nitrogen and oxygen atoms in total. The number of methoxy groups -OCH3 is 1. The zero-order valence-electron chi connectivity index (χ0n) is 11.3. The molecule has 0 rings (SSSR count). The summed E-state index contributed by atoms with van der Waals surface area (Å²) in [5.41, 5.74) is 0.473. The van der Waals surface area contributed by atoms with Crippen LogP contribution in [0.4, 0.5) is 0 Å². The van der Waals surface area contributed by atoms with Crippen LogP contribution in [-0.2, 0) is 14.0 Å². The summed E-state index contributed by atoms with van der Waals surface area (Å²) in [5.74, 6) is -0.348. The first kappa shape index (κ1) is 15.4. The van der Waals surface area contributed by atoms with Crippen LogP contribution in [0, 0.1) is 0 Å². The van der Waals surface area contributed by atoms with Gasteiger partial charge in [-0.3, -0.25) is 0 Å². The quantitative estimate of drug-likeness (QED) is 0.423. The smallest absolute Gasteiger partial charge is 0.333 e. The summed E-state index contributed by atoms with van der Waals surface area (Å²) in [5, 5.41) is 0.194. The Morgan fingerprint density at radius 3 is 2.19 bits per heavy atom. The van der Waals surface area contributed by atoms with Gasteiger partial charge in [0.05, 0.1) is 7.11 Å². The van der Waals surface area contributed by atoms with Crippen LogP contribution in [0.3, 0.4) is 0 Å². The lowest BCUT2D eigenvalue weighted by molar-refractivity contribution is -0.136. The van der Waals surface area contributed by atoms with Crippen LogP contribution in [0.1, 0.15) is 27.2 Å². The molecule has 0 unspecified atom stereocenters. The van der Waals surface area contributed by atoms with Crippen molar-refractivity contribution in [2.75, 3.05) is 13.7 Å². The Kier molecular flexibility index (Phi) is 5.42. The van der Waals surface area contributed by atoms with Crippen LogP contribution in [-0.4, -0.2) is 28.0 Å². The molecular weight excluding hydrogens is 220 g/mol. The van der Waals surface area contributed by atoms with E-state index in [2.05, 4.69) is 45.2 Å². The number of carbonyl (C=O) groups excluding carboxylic acids is 1. The molecule has 0 radical (unpaired) electrons. The summed E-state index contributed by atoms with van der Waals surface area (Å²) in [6, 6.07) is 0. The Balaban J connectivity index is 4.09. The molecule has 0 N–H and O–H groups in total. The van der Waals surface area contributed by atoms with Gasteiger partial charge < -0.3 is 9.16 Å². The number of esters is 1. The third-order valence-electron chi connectivity index (χ3n) is 3.15. The maximum absolute atomic E-state index is 11.1. The zero-order valence-corrected chi connectivity index (χ0v) is 12.3. The standard InChI is InChI=1S/C12H24O3Si/c1-10(11(13)14-5)8-9-15-16(6,7)12(2,3)4/h1,8-9H2,2-7H3. The van der Waals surface area contributed by atoms with Gasteiger partial charge in [-0.15, -0.1) is 0 Å². The van der Waals surface area contributed by atoms with Crippen LogP contribution >= 0.6 is 0 Å². The summed E-state index contributed by atoms with van der Waals surface area (Å²) in [6.45, 7) is 15.2. The number of rotatable bonds is 5. The molecule has 0 spiro atoms. The summed E-state index contributed by atoms with van der Waals surface area (Å²) in [6.07, 6.45) is 0.541. The van der Waals surface area contributed by atoms with E-state index in [1.54, 1.807) is 0 Å². The van der Waals surface area contributed by atoms with Crippen LogP contribution in [0.5, 0.6) is 0 Å². The van der Waals surface area contributed by atoms with Gasteiger partial charge in [0.15, 0.2) is 8.32 Å². The Morgan fingerprint density at radius 1 is 1.31 bits per heavy atom. The highest BCUT2D eigenvalue weighted by Crippen LogP contribution is 2.36. The topological polar surface area (TPSA) is 35.5 Å². The number of hydrogen-bond donors (Lipinski definition) is 0. The van der Waals surface area contributed by atoms with Crippen molar-refractivity contribution in [3.05, 3.63) is 12.2 Å². The van der Waals surface area contributed by atoms with E-state index < -0.39 is 8.32 Å². The lowest BCUT2D eigenvalue weighted by Gasteiger charge is -2.36. The van der Waals surface area contributed by atoms with Gasteiger partial charge >= 0.3 is 5.97 Å². The molecule has 0 aromatic carbocycles. The highest BCUT2D eigenvalue weighted by Gasteiger charge is 2.36. The molecule has 94 valence electrons. The summed E-state index contributed by atoms with van der Waals surface area (Å²) >= 11 is 0. The molecule has 0 bridgehead atoms. The van der Waals surface area contributed by atoms with Crippen molar-refractivity contribution in [1.29, 1.82) is 0 Å². The van der Waals surface area contributed by atoms with Gasteiger partial charge in [-0.1, -0.05) is 27.4 Å². The lowest BCUT2D eigenvalue weighted by Crippen LogP contribution is -2.41. The van der Waals surface area contributed by atoms with Crippen molar-refractivity contribution < 1.29 is 14.0 Å². The van der Waals surface area contributed by atoms with Crippen LogP contribution in [0.25, 0.3) is 0 Å². The zero-order chi connectivity index (χ0) is 13.0. The average molecular weight is 244 g/mol. The molecule has 0 amide bonds. The summed E-state index contributed by atoms with van der Waals surface area (Å²) < 4.78 is 10.5. The minimum absolute atomic E-state index is 0.194. The second-order valence-electron chi connectivity index (χ2n) is 5.45. The second-order valence-corrected chi connectivity index (χ2v) is 10.3. The Bertz CT molecular complexity index is 264. The molecule has 16 heavy (non-hydrogen) atoms. The van der Waals surface area contributed by atoms with E-state index in [-0.39, 0.29) is 11.0 Å². The van der Waals surface area contributed by atoms with Crippen molar-refractivity contribution in [2.24, 2.45) is 0 Å². The molecule has 0 heterocycles. The minimum atomic E-state index is -1.71. The molecule has 0 fully saturated rings. The van der Waals surface area contributed by atoms with Crippen molar-refractivity contribution in [1.82, 2.24) is 0 Å². The molecule has 0 aliphatic rings. The molecule has 0 saturated carbocycles. The third-order valence-corrected chi connectivity index (χ3v) is 7.69. The molecule has 0 aromatic rings. The molecule has 4 heteroatoms. The second kappa shape index (κ2) is 5.64. The van der Waals surface area contributed by atoms with Crippen molar-refractivity contribution >= 4 is 14.3 Å². The van der Waals surface area contributed by atoms with E-state index in [0.717, 1.165) is 0 Å². The monoisotopic (exact) mass is 244 g/mol. The van der Waals surface area contributed by atoms with Gasteiger partial charge in [-0.25, -0.2) is 4.79 Å². The third kappa shape index (κ3) is 4.49. The predicted octanol–water partition coefficient (Wildman–Crippen LogP) is 3.13. The van der Waals surface area contributed by atoms with Gasteiger partial charge in [0, 0.05) is 18.6 Å². The highest BCUT2D eigenvalue weighted by molar-refractivity contribution is 6.74. The Labute approximate surface area is 100.0 Å². The number of hydrogen-bond acceptors (Lipinski definition) is 3. The van der Waals surface area contributed by atoms with E-state index in [1.807, 2.05) is 0 Å². The maximum atomic E-state index is 11.1. The normalized spacial score (nSPS) is 12.4. The fourth-order valence-electron chi connectivity index (χ4n) is 0.892. The van der Waals surface area contributed by atoms with Gasteiger partial charge in [0.25, 0.3) is 0 Å². The molecule has 0 atom stereocenters. The van der Waals surface area contributed by atoms with Crippen LogP contribution in [0.15, 0.2) is 12.2 Å². The van der Waals surface area contributed by atoms with Crippen LogP contribution in [0.2, 0.25) is 18.1 Å². The first-order valence-corrected chi connectivity index (χ1v) is 8.42. The van der Waals surface area contributed by atoms with E-state index >= 15 is 0 Å². The molecule has 0 aliphatic carbocycles. The average Bonchev–Trinajstić information content (AvgIpc) is 2.14. The lowest BCUT2D eigenvalue weighted by atomic mass is 10.2. The minimum Gasteiger partial charge on any atom is -0.466 e. The highest BCUT2D eigenvalue weighted by atomic mass is 28.4. The van der Waals surface area contributed by atoms with Gasteiger partial charge in [0.1, 0.15) is 0 Å². The van der Waals surface area contributed by atoms with E-state index in [1.165, 1.54) is 7.11 Å². The molecular formula is C12H24O3Si.